The first-order valence-electron chi connectivity index (χ1n) is 6.03. The van der Waals surface area contributed by atoms with Crippen molar-refractivity contribution in [2.24, 2.45) is 5.92 Å². The van der Waals surface area contributed by atoms with E-state index in [1.165, 1.54) is 19.3 Å². The Balaban J connectivity index is 2.19. The van der Waals surface area contributed by atoms with Crippen LogP contribution in [-0.2, 0) is 0 Å². The van der Waals surface area contributed by atoms with Crippen molar-refractivity contribution in [3.63, 3.8) is 0 Å². The van der Waals surface area contributed by atoms with Crippen molar-refractivity contribution in [2.45, 2.75) is 46.0 Å². The summed E-state index contributed by atoms with van der Waals surface area (Å²) >= 11 is 0. The molecule has 1 aromatic rings. The third-order valence-corrected chi connectivity index (χ3v) is 3.18. The number of nitrogens with zero attached hydrogens (tertiary/aromatic N) is 2. The molecule has 1 aliphatic carbocycles. The zero-order chi connectivity index (χ0) is 11.5. The van der Waals surface area contributed by atoms with Crippen LogP contribution >= 0.6 is 0 Å². The number of aromatic nitrogens is 2. The van der Waals surface area contributed by atoms with Gasteiger partial charge in [-0.25, -0.2) is 9.97 Å². The Morgan fingerprint density at radius 2 is 1.69 bits per heavy atom. The summed E-state index contributed by atoms with van der Waals surface area (Å²) in [7, 11) is 0. The second-order valence-corrected chi connectivity index (χ2v) is 4.67. The van der Waals surface area contributed by atoms with Gasteiger partial charge in [-0.15, -0.1) is 0 Å². The monoisotopic (exact) mass is 218 g/mol. The number of carbonyl (C=O) groups is 1. The van der Waals surface area contributed by atoms with E-state index in [2.05, 4.69) is 9.97 Å². The van der Waals surface area contributed by atoms with Crippen LogP contribution in [0.3, 0.4) is 0 Å². The number of Topliss-reactive ketones (excluding diaryl/α,β-unsaturated/α-hetero) is 1. The third-order valence-electron chi connectivity index (χ3n) is 3.18. The molecule has 1 saturated carbocycles. The Hall–Kier alpha value is -1.25. The Bertz CT molecular complexity index is 375. The van der Waals surface area contributed by atoms with Gasteiger partial charge in [0.05, 0.1) is 0 Å². The first-order valence-corrected chi connectivity index (χ1v) is 6.03. The molecule has 2 rings (SSSR count). The van der Waals surface area contributed by atoms with Crippen LogP contribution in [0.2, 0.25) is 0 Å². The van der Waals surface area contributed by atoms with Gasteiger partial charge in [0.15, 0.2) is 5.82 Å². The van der Waals surface area contributed by atoms with Gasteiger partial charge in [0, 0.05) is 17.3 Å². The van der Waals surface area contributed by atoms with Crippen LogP contribution < -0.4 is 0 Å². The van der Waals surface area contributed by atoms with E-state index < -0.39 is 0 Å². The van der Waals surface area contributed by atoms with Crippen molar-refractivity contribution < 1.29 is 4.79 Å². The van der Waals surface area contributed by atoms with Crippen molar-refractivity contribution in [3.05, 3.63) is 23.3 Å². The highest BCUT2D eigenvalue weighted by molar-refractivity contribution is 5.94. The Labute approximate surface area is 96.3 Å². The molecule has 1 aliphatic rings. The summed E-state index contributed by atoms with van der Waals surface area (Å²) in [4.78, 5) is 20.7. The number of carbonyl (C=O) groups excluding carboxylic acids is 1. The van der Waals surface area contributed by atoms with Gasteiger partial charge in [0.2, 0.25) is 5.78 Å². The Kier molecular flexibility index (Phi) is 3.32. The molecule has 0 atom stereocenters. The van der Waals surface area contributed by atoms with Gasteiger partial charge in [-0.05, 0) is 32.8 Å². The average Bonchev–Trinajstić information content (AvgIpc) is 2.28. The largest absolute Gasteiger partial charge is 0.290 e. The molecule has 0 radical (unpaired) electrons. The first kappa shape index (κ1) is 11.2. The van der Waals surface area contributed by atoms with Gasteiger partial charge in [-0.2, -0.15) is 0 Å². The van der Waals surface area contributed by atoms with Crippen LogP contribution in [-0.4, -0.2) is 15.8 Å². The summed E-state index contributed by atoms with van der Waals surface area (Å²) in [6, 6.07) is 1.90. The molecule has 0 spiro atoms. The van der Waals surface area contributed by atoms with Crippen molar-refractivity contribution in [3.8, 4) is 0 Å². The molecule has 0 bridgehead atoms. The predicted octanol–water partition coefficient (Wildman–Crippen LogP) is 2.86. The second-order valence-electron chi connectivity index (χ2n) is 4.67. The standard InChI is InChI=1S/C13H18N2O/c1-9-8-10(2)15-13(14-9)12(16)11-6-4-3-5-7-11/h8,11H,3-7H2,1-2H3. The van der Waals surface area contributed by atoms with Crippen LogP contribution in [0.4, 0.5) is 0 Å². The molecule has 86 valence electrons. The molecule has 0 saturated heterocycles. The summed E-state index contributed by atoms with van der Waals surface area (Å²) in [6.45, 7) is 3.82. The lowest BCUT2D eigenvalue weighted by Gasteiger charge is -2.19. The summed E-state index contributed by atoms with van der Waals surface area (Å²) in [5.74, 6) is 0.728. The molecule has 0 aliphatic heterocycles. The SMILES string of the molecule is Cc1cc(C)nc(C(=O)C2CCCCC2)n1. The smallest absolute Gasteiger partial charge is 0.203 e. The number of hydrogen-bond acceptors (Lipinski definition) is 3. The number of rotatable bonds is 2. The predicted molar refractivity (Wildman–Crippen MR) is 62.4 cm³/mol. The third kappa shape index (κ3) is 2.46. The summed E-state index contributed by atoms with van der Waals surface area (Å²) < 4.78 is 0. The second kappa shape index (κ2) is 4.73. The molecule has 16 heavy (non-hydrogen) atoms. The lowest BCUT2D eigenvalue weighted by Crippen LogP contribution is -2.20. The molecule has 1 aromatic heterocycles. The van der Waals surface area contributed by atoms with Crippen LogP contribution in [0, 0.1) is 19.8 Å². The van der Waals surface area contributed by atoms with Crippen LogP contribution in [0.15, 0.2) is 6.07 Å². The molecular weight excluding hydrogens is 200 g/mol. The topological polar surface area (TPSA) is 42.9 Å². The maximum Gasteiger partial charge on any atom is 0.203 e. The van der Waals surface area contributed by atoms with Crippen LogP contribution in [0.1, 0.15) is 54.1 Å². The van der Waals surface area contributed by atoms with E-state index in [1.54, 1.807) is 0 Å². The molecule has 3 nitrogen and oxygen atoms in total. The fraction of sp³-hybridized carbons (Fsp3) is 0.615. The molecule has 0 aromatic carbocycles. The summed E-state index contributed by atoms with van der Waals surface area (Å²) in [5, 5.41) is 0. The van der Waals surface area contributed by atoms with E-state index in [0.29, 0.717) is 5.82 Å². The minimum Gasteiger partial charge on any atom is -0.290 e. The highest BCUT2D eigenvalue weighted by Crippen LogP contribution is 2.26. The molecule has 1 heterocycles. The van der Waals surface area contributed by atoms with Gasteiger partial charge in [-0.1, -0.05) is 19.3 Å². The number of aryl methyl sites for hydroxylation is 2. The Morgan fingerprint density at radius 3 is 2.25 bits per heavy atom. The minimum absolute atomic E-state index is 0.145. The summed E-state index contributed by atoms with van der Waals surface area (Å²) in [5.41, 5.74) is 1.76. The van der Waals surface area contributed by atoms with Gasteiger partial charge in [0.25, 0.3) is 0 Å². The van der Waals surface area contributed by atoms with E-state index in [0.717, 1.165) is 24.2 Å². The Morgan fingerprint density at radius 1 is 1.12 bits per heavy atom. The summed E-state index contributed by atoms with van der Waals surface area (Å²) in [6.07, 6.45) is 5.62. The van der Waals surface area contributed by atoms with Crippen LogP contribution in [0.5, 0.6) is 0 Å². The fourth-order valence-corrected chi connectivity index (χ4v) is 2.38. The maximum atomic E-state index is 12.2. The molecule has 0 N–H and O–H groups in total. The van der Waals surface area contributed by atoms with Gasteiger partial charge in [-0.3, -0.25) is 4.79 Å². The van der Waals surface area contributed by atoms with Crippen molar-refractivity contribution in [2.75, 3.05) is 0 Å². The first-order chi connectivity index (χ1) is 7.66. The van der Waals surface area contributed by atoms with E-state index >= 15 is 0 Å². The zero-order valence-corrected chi connectivity index (χ0v) is 9.99. The number of ketones is 1. The van der Waals surface area contributed by atoms with Crippen molar-refractivity contribution >= 4 is 5.78 Å². The highest BCUT2D eigenvalue weighted by atomic mass is 16.1. The molecule has 1 fully saturated rings. The van der Waals surface area contributed by atoms with E-state index in [4.69, 9.17) is 0 Å². The van der Waals surface area contributed by atoms with E-state index in [9.17, 15) is 4.79 Å². The van der Waals surface area contributed by atoms with Crippen molar-refractivity contribution in [1.29, 1.82) is 0 Å². The number of hydrogen-bond donors (Lipinski definition) is 0. The van der Waals surface area contributed by atoms with Gasteiger partial charge < -0.3 is 0 Å². The minimum atomic E-state index is 0.145. The lowest BCUT2D eigenvalue weighted by atomic mass is 9.86. The highest BCUT2D eigenvalue weighted by Gasteiger charge is 2.24. The zero-order valence-electron chi connectivity index (χ0n) is 9.99. The van der Waals surface area contributed by atoms with E-state index in [1.807, 2.05) is 19.9 Å². The fourth-order valence-electron chi connectivity index (χ4n) is 2.38. The van der Waals surface area contributed by atoms with E-state index in [-0.39, 0.29) is 11.7 Å². The van der Waals surface area contributed by atoms with Gasteiger partial charge >= 0.3 is 0 Å². The molecule has 0 unspecified atom stereocenters. The quantitative estimate of drug-likeness (QED) is 0.717. The van der Waals surface area contributed by atoms with Crippen molar-refractivity contribution in [1.82, 2.24) is 9.97 Å². The average molecular weight is 218 g/mol. The van der Waals surface area contributed by atoms with Gasteiger partial charge in [0.1, 0.15) is 0 Å². The molecule has 3 heteroatoms. The normalized spacial score (nSPS) is 17.4. The van der Waals surface area contributed by atoms with Crippen LogP contribution in [0.25, 0.3) is 0 Å². The lowest BCUT2D eigenvalue weighted by molar-refractivity contribution is 0.0878. The molecule has 0 amide bonds. The molecular formula is C13H18N2O. The maximum absolute atomic E-state index is 12.2.